The number of carbonyl (C=O) groups excluding carboxylic acids is 1. The quantitative estimate of drug-likeness (QED) is 0.333. The number of methoxy groups -OCH3 is 1. The number of hydrogen-bond acceptors (Lipinski definition) is 5. The first-order valence-electron chi connectivity index (χ1n) is 9.21. The van der Waals surface area contributed by atoms with Gasteiger partial charge in [-0.2, -0.15) is 0 Å². The van der Waals surface area contributed by atoms with Gasteiger partial charge in [0.15, 0.2) is 10.9 Å². The van der Waals surface area contributed by atoms with E-state index in [2.05, 4.69) is 13.8 Å². The molecule has 2 aromatic carbocycles. The first-order valence-corrected chi connectivity index (χ1v) is 10.2. The molecule has 1 heterocycles. The van der Waals surface area contributed by atoms with Crippen molar-refractivity contribution in [3.05, 3.63) is 63.9 Å². The minimum Gasteiger partial charge on any atom is -0.496 e. The molecule has 0 aliphatic heterocycles. The van der Waals surface area contributed by atoms with E-state index in [1.165, 1.54) is 11.8 Å². The van der Waals surface area contributed by atoms with Crippen LogP contribution in [0.2, 0.25) is 0 Å². The maximum atomic E-state index is 13.0. The summed E-state index contributed by atoms with van der Waals surface area (Å²) in [5, 5.41) is 1.30. The van der Waals surface area contributed by atoms with E-state index >= 15 is 0 Å². The molecule has 6 heteroatoms. The maximum absolute atomic E-state index is 13.0. The number of para-hydroxylation sites is 1. The number of ketones is 1. The first-order chi connectivity index (χ1) is 13.4. The third kappa shape index (κ3) is 4.28. The molecule has 0 aliphatic rings. The molecular formula is C22H24N2O3S. The van der Waals surface area contributed by atoms with Crippen LogP contribution in [0.15, 0.2) is 52.4 Å². The van der Waals surface area contributed by atoms with Crippen LogP contribution >= 0.6 is 11.8 Å². The Bertz CT molecular complexity index is 1070. The van der Waals surface area contributed by atoms with Gasteiger partial charge in [0.05, 0.1) is 18.0 Å². The summed E-state index contributed by atoms with van der Waals surface area (Å²) in [5.41, 5.74) is 2.21. The van der Waals surface area contributed by atoms with Gasteiger partial charge in [-0.1, -0.05) is 37.7 Å². The molecule has 3 rings (SSSR count). The molecule has 146 valence electrons. The zero-order valence-electron chi connectivity index (χ0n) is 16.6. The number of benzene rings is 2. The zero-order chi connectivity index (χ0) is 20.3. The summed E-state index contributed by atoms with van der Waals surface area (Å²) < 4.78 is 7.19. The number of ether oxygens (including phenoxy) is 1. The third-order valence-corrected chi connectivity index (χ3v) is 5.44. The topological polar surface area (TPSA) is 61.2 Å². The fourth-order valence-electron chi connectivity index (χ4n) is 3.04. The summed E-state index contributed by atoms with van der Waals surface area (Å²) in [5.74, 6) is 1.59. The van der Waals surface area contributed by atoms with Gasteiger partial charge in [-0.15, -0.1) is 0 Å². The second-order valence-corrected chi connectivity index (χ2v) is 8.04. The molecule has 0 unspecified atom stereocenters. The Balaban J connectivity index is 2.01. The lowest BCUT2D eigenvalue weighted by atomic mass is 10.1. The average Bonchev–Trinajstić information content (AvgIpc) is 2.68. The number of nitrogens with zero attached hydrogens (tertiary/aromatic N) is 2. The van der Waals surface area contributed by atoms with Crippen molar-refractivity contribution < 1.29 is 9.53 Å². The van der Waals surface area contributed by atoms with Crippen molar-refractivity contribution >= 4 is 28.4 Å². The van der Waals surface area contributed by atoms with E-state index in [1.54, 1.807) is 24.7 Å². The summed E-state index contributed by atoms with van der Waals surface area (Å²) in [6, 6.07) is 12.8. The highest BCUT2D eigenvalue weighted by atomic mass is 32.2. The van der Waals surface area contributed by atoms with Gasteiger partial charge < -0.3 is 4.74 Å². The standard InChI is InChI=1S/C22H24N2O3S/c1-14(2)12-24-21(26)18-7-5-6-8-19(18)23-22(24)28-13-17-11-16(15(3)25)9-10-20(17)27-4/h5-11,14H,12-13H2,1-4H3. The smallest absolute Gasteiger partial charge is 0.262 e. The molecule has 0 bridgehead atoms. The van der Waals surface area contributed by atoms with Crippen molar-refractivity contribution in [1.29, 1.82) is 0 Å². The Morgan fingerprint density at radius 1 is 1.21 bits per heavy atom. The van der Waals surface area contributed by atoms with Gasteiger partial charge in [0.1, 0.15) is 5.75 Å². The van der Waals surface area contributed by atoms with E-state index in [-0.39, 0.29) is 11.3 Å². The fourth-order valence-corrected chi connectivity index (χ4v) is 4.02. The lowest BCUT2D eigenvalue weighted by Crippen LogP contribution is -2.25. The molecule has 0 N–H and O–H groups in total. The zero-order valence-corrected chi connectivity index (χ0v) is 17.4. The lowest BCUT2D eigenvalue weighted by Gasteiger charge is -2.15. The highest BCUT2D eigenvalue weighted by Crippen LogP contribution is 2.29. The Kier molecular flexibility index (Phi) is 6.19. The minimum atomic E-state index is -0.0220. The largest absolute Gasteiger partial charge is 0.496 e. The number of aromatic nitrogens is 2. The molecule has 0 saturated carbocycles. The summed E-state index contributed by atoms with van der Waals surface area (Å²) in [6.07, 6.45) is 0. The summed E-state index contributed by atoms with van der Waals surface area (Å²) in [7, 11) is 1.61. The van der Waals surface area contributed by atoms with Crippen molar-refractivity contribution in [2.75, 3.05) is 7.11 Å². The molecule has 0 amide bonds. The van der Waals surface area contributed by atoms with E-state index in [0.717, 1.165) is 11.3 Å². The van der Waals surface area contributed by atoms with Gasteiger partial charge in [-0.25, -0.2) is 4.98 Å². The van der Waals surface area contributed by atoms with Gasteiger partial charge >= 0.3 is 0 Å². The molecule has 0 radical (unpaired) electrons. The summed E-state index contributed by atoms with van der Waals surface area (Å²) in [4.78, 5) is 29.5. The van der Waals surface area contributed by atoms with E-state index in [9.17, 15) is 9.59 Å². The molecule has 0 atom stereocenters. The highest BCUT2D eigenvalue weighted by Gasteiger charge is 2.14. The van der Waals surface area contributed by atoms with Crippen molar-refractivity contribution in [3.63, 3.8) is 0 Å². The number of carbonyl (C=O) groups is 1. The van der Waals surface area contributed by atoms with Crippen LogP contribution in [0.25, 0.3) is 10.9 Å². The van der Waals surface area contributed by atoms with Crippen LogP contribution in [0.3, 0.4) is 0 Å². The predicted molar refractivity (Wildman–Crippen MR) is 113 cm³/mol. The summed E-state index contributed by atoms with van der Waals surface area (Å²) in [6.45, 7) is 6.30. The molecule has 0 aliphatic carbocycles. The second kappa shape index (κ2) is 8.61. The van der Waals surface area contributed by atoms with Crippen LogP contribution < -0.4 is 10.3 Å². The van der Waals surface area contributed by atoms with Crippen LogP contribution in [0.4, 0.5) is 0 Å². The SMILES string of the molecule is COc1ccc(C(C)=O)cc1CSc1nc2ccccc2c(=O)n1CC(C)C. The van der Waals surface area contributed by atoms with Crippen molar-refractivity contribution in [3.8, 4) is 5.75 Å². The number of hydrogen-bond donors (Lipinski definition) is 0. The van der Waals surface area contributed by atoms with Crippen molar-refractivity contribution in [1.82, 2.24) is 9.55 Å². The molecule has 5 nitrogen and oxygen atoms in total. The monoisotopic (exact) mass is 396 g/mol. The molecule has 0 spiro atoms. The molecule has 0 fully saturated rings. The normalized spacial score (nSPS) is 11.2. The molecule has 28 heavy (non-hydrogen) atoms. The Labute approximate surface area is 168 Å². The Morgan fingerprint density at radius 2 is 1.96 bits per heavy atom. The number of rotatable bonds is 7. The Hall–Kier alpha value is -2.60. The predicted octanol–water partition coefficient (Wildman–Crippen LogP) is 4.56. The molecule has 1 aromatic heterocycles. The van der Waals surface area contributed by atoms with Gasteiger partial charge in [-0.3, -0.25) is 14.2 Å². The van der Waals surface area contributed by atoms with E-state index in [1.807, 2.05) is 36.4 Å². The maximum Gasteiger partial charge on any atom is 0.262 e. The van der Waals surface area contributed by atoms with Gasteiger partial charge in [0.25, 0.3) is 5.56 Å². The van der Waals surface area contributed by atoms with Crippen LogP contribution in [-0.2, 0) is 12.3 Å². The van der Waals surface area contributed by atoms with Gasteiger partial charge in [-0.05, 0) is 43.2 Å². The third-order valence-electron chi connectivity index (χ3n) is 4.42. The highest BCUT2D eigenvalue weighted by molar-refractivity contribution is 7.98. The van der Waals surface area contributed by atoms with Crippen LogP contribution in [0.5, 0.6) is 5.75 Å². The van der Waals surface area contributed by atoms with E-state index < -0.39 is 0 Å². The molecular weight excluding hydrogens is 372 g/mol. The molecule has 3 aromatic rings. The number of Topliss-reactive ketones (excluding diaryl/α,β-unsaturated/α-hetero) is 1. The second-order valence-electron chi connectivity index (χ2n) is 7.09. The van der Waals surface area contributed by atoms with Crippen LogP contribution in [0, 0.1) is 5.92 Å². The van der Waals surface area contributed by atoms with Crippen LogP contribution in [-0.4, -0.2) is 22.4 Å². The molecule has 0 saturated heterocycles. The van der Waals surface area contributed by atoms with Gasteiger partial charge in [0, 0.05) is 23.4 Å². The van der Waals surface area contributed by atoms with Crippen LogP contribution in [0.1, 0.15) is 36.7 Å². The van der Waals surface area contributed by atoms with Gasteiger partial charge in [0.2, 0.25) is 0 Å². The average molecular weight is 397 g/mol. The number of thioether (sulfide) groups is 1. The Morgan fingerprint density at radius 3 is 2.64 bits per heavy atom. The van der Waals surface area contributed by atoms with Crippen molar-refractivity contribution in [2.24, 2.45) is 5.92 Å². The lowest BCUT2D eigenvalue weighted by molar-refractivity contribution is 0.101. The number of fused-ring (bicyclic) bond motifs is 1. The first kappa shape index (κ1) is 20.1. The summed E-state index contributed by atoms with van der Waals surface area (Å²) >= 11 is 1.48. The fraction of sp³-hybridized carbons (Fsp3) is 0.318. The minimum absolute atomic E-state index is 0.00875. The van der Waals surface area contributed by atoms with Crippen molar-refractivity contribution in [2.45, 2.75) is 38.2 Å². The van der Waals surface area contributed by atoms with E-state index in [0.29, 0.717) is 39.8 Å². The van der Waals surface area contributed by atoms with E-state index in [4.69, 9.17) is 9.72 Å².